The standard InChI is InChI=1S/C12H19N3S2/c13-11(16)15-12(17)14-10-8-2-6-1-7(4-8)5-9(10)3-6/h6-10H,1-5H2,(H4,13,14,15,16,17). The van der Waals surface area contributed by atoms with E-state index < -0.39 is 0 Å². The van der Waals surface area contributed by atoms with Crippen LogP contribution in [0.15, 0.2) is 0 Å². The lowest BCUT2D eigenvalue weighted by Crippen LogP contribution is -2.58. The largest absolute Gasteiger partial charge is 0.376 e. The molecule has 0 aromatic carbocycles. The van der Waals surface area contributed by atoms with Gasteiger partial charge < -0.3 is 16.4 Å². The van der Waals surface area contributed by atoms with Crippen molar-refractivity contribution >= 4 is 34.7 Å². The Morgan fingerprint density at radius 1 is 0.941 bits per heavy atom. The van der Waals surface area contributed by atoms with Gasteiger partial charge in [-0.25, -0.2) is 0 Å². The van der Waals surface area contributed by atoms with E-state index in [4.69, 9.17) is 30.2 Å². The van der Waals surface area contributed by atoms with Crippen molar-refractivity contribution in [2.45, 2.75) is 38.1 Å². The fraction of sp³-hybridized carbons (Fsp3) is 0.833. The summed E-state index contributed by atoms with van der Waals surface area (Å²) >= 11 is 10.0. The lowest BCUT2D eigenvalue weighted by atomic mass is 9.54. The Balaban J connectivity index is 1.64. The summed E-state index contributed by atoms with van der Waals surface area (Å²) in [6, 6.07) is 0.553. The number of nitrogens with one attached hydrogen (secondary N) is 2. The van der Waals surface area contributed by atoms with Crippen LogP contribution in [0.2, 0.25) is 0 Å². The van der Waals surface area contributed by atoms with Gasteiger partial charge in [-0.05, 0) is 80.2 Å². The molecule has 0 atom stereocenters. The van der Waals surface area contributed by atoms with Gasteiger partial charge >= 0.3 is 0 Å². The van der Waals surface area contributed by atoms with E-state index in [2.05, 4.69) is 10.6 Å². The molecule has 0 radical (unpaired) electrons. The smallest absolute Gasteiger partial charge is 0.172 e. The first-order chi connectivity index (χ1) is 8.11. The monoisotopic (exact) mass is 269 g/mol. The second-order valence-corrected chi connectivity index (χ2v) is 6.77. The Morgan fingerprint density at radius 2 is 1.47 bits per heavy atom. The van der Waals surface area contributed by atoms with E-state index in [1.54, 1.807) is 0 Å². The first-order valence-corrected chi connectivity index (χ1v) is 7.30. The van der Waals surface area contributed by atoms with Crippen LogP contribution in [0.25, 0.3) is 0 Å². The highest BCUT2D eigenvalue weighted by Crippen LogP contribution is 2.53. The van der Waals surface area contributed by atoms with Crippen molar-refractivity contribution in [1.82, 2.24) is 10.6 Å². The summed E-state index contributed by atoms with van der Waals surface area (Å²) in [6.07, 6.45) is 7.04. The topological polar surface area (TPSA) is 50.1 Å². The molecule has 0 aromatic heterocycles. The summed E-state index contributed by atoms with van der Waals surface area (Å²) in [5.41, 5.74) is 5.44. The van der Waals surface area contributed by atoms with Crippen molar-refractivity contribution < 1.29 is 0 Å². The Bertz CT molecular complexity index is 328. The third-order valence-corrected chi connectivity index (χ3v) is 5.08. The molecule has 4 rings (SSSR count). The molecule has 0 saturated heterocycles. The molecule has 4 saturated carbocycles. The zero-order valence-electron chi connectivity index (χ0n) is 9.82. The second kappa shape index (κ2) is 4.35. The highest BCUT2D eigenvalue weighted by atomic mass is 32.1. The highest BCUT2D eigenvalue weighted by Gasteiger charge is 2.48. The SMILES string of the molecule is NC(=S)NC(=S)NC1C2CC3CC(C2)CC1C3. The van der Waals surface area contributed by atoms with Crippen LogP contribution in [0.3, 0.4) is 0 Å². The van der Waals surface area contributed by atoms with Gasteiger partial charge in [0.2, 0.25) is 0 Å². The van der Waals surface area contributed by atoms with E-state index in [0.29, 0.717) is 11.2 Å². The molecule has 5 heteroatoms. The average Bonchev–Trinajstić information content (AvgIpc) is 2.21. The fourth-order valence-corrected chi connectivity index (χ4v) is 4.87. The average molecular weight is 269 g/mol. The van der Waals surface area contributed by atoms with Gasteiger partial charge in [0.15, 0.2) is 10.2 Å². The molecule has 4 N–H and O–H groups in total. The maximum atomic E-state index is 5.44. The van der Waals surface area contributed by atoms with Crippen molar-refractivity contribution in [3.63, 3.8) is 0 Å². The maximum absolute atomic E-state index is 5.44. The van der Waals surface area contributed by atoms with Crippen LogP contribution < -0.4 is 16.4 Å². The third kappa shape index (κ3) is 2.27. The predicted molar refractivity (Wildman–Crippen MR) is 76.5 cm³/mol. The van der Waals surface area contributed by atoms with Crippen LogP contribution in [-0.2, 0) is 0 Å². The maximum Gasteiger partial charge on any atom is 0.172 e. The quantitative estimate of drug-likeness (QED) is 0.630. The number of thiocarbonyl (C=S) groups is 2. The molecule has 0 aliphatic heterocycles. The summed E-state index contributed by atoms with van der Waals surface area (Å²) in [6.45, 7) is 0. The first-order valence-electron chi connectivity index (χ1n) is 6.48. The van der Waals surface area contributed by atoms with Crippen molar-refractivity contribution in [2.75, 3.05) is 0 Å². The van der Waals surface area contributed by atoms with Crippen LogP contribution in [0.5, 0.6) is 0 Å². The van der Waals surface area contributed by atoms with Gasteiger partial charge in [0.1, 0.15) is 0 Å². The molecule has 4 aliphatic carbocycles. The minimum atomic E-state index is 0.256. The number of hydrogen-bond donors (Lipinski definition) is 3. The molecule has 4 aliphatic rings. The fourth-order valence-electron chi connectivity index (χ4n) is 4.46. The lowest BCUT2D eigenvalue weighted by Gasteiger charge is -2.54. The summed E-state index contributed by atoms with van der Waals surface area (Å²) < 4.78 is 0. The summed E-state index contributed by atoms with van der Waals surface area (Å²) in [5, 5.41) is 7.14. The molecule has 17 heavy (non-hydrogen) atoms. The van der Waals surface area contributed by atoms with Crippen LogP contribution in [0, 0.1) is 23.7 Å². The summed E-state index contributed by atoms with van der Waals surface area (Å²) in [4.78, 5) is 0. The Morgan fingerprint density at radius 3 is 1.94 bits per heavy atom. The van der Waals surface area contributed by atoms with Crippen LogP contribution in [0.1, 0.15) is 32.1 Å². The van der Waals surface area contributed by atoms with Crippen molar-refractivity contribution in [3.05, 3.63) is 0 Å². The second-order valence-electron chi connectivity index (χ2n) is 5.92. The molecule has 3 nitrogen and oxygen atoms in total. The molecule has 0 amide bonds. The predicted octanol–water partition coefficient (Wildman–Crippen LogP) is 1.52. The summed E-state index contributed by atoms with van der Waals surface area (Å²) in [7, 11) is 0. The van der Waals surface area contributed by atoms with Gasteiger partial charge in [-0.2, -0.15) is 0 Å². The Labute approximate surface area is 113 Å². The Hall–Kier alpha value is -0.420. The molecule has 94 valence electrons. The molecular formula is C12H19N3S2. The normalized spacial score (nSPS) is 42.2. The lowest BCUT2D eigenvalue weighted by molar-refractivity contribution is -0.00684. The molecule has 0 unspecified atom stereocenters. The first kappa shape index (κ1) is 11.7. The minimum absolute atomic E-state index is 0.256. The van der Waals surface area contributed by atoms with Gasteiger partial charge in [-0.15, -0.1) is 0 Å². The van der Waals surface area contributed by atoms with Crippen molar-refractivity contribution in [3.8, 4) is 0 Å². The minimum Gasteiger partial charge on any atom is -0.376 e. The van der Waals surface area contributed by atoms with E-state index in [1.807, 2.05) is 0 Å². The molecule has 4 fully saturated rings. The van der Waals surface area contributed by atoms with Crippen LogP contribution >= 0.6 is 24.4 Å². The van der Waals surface area contributed by atoms with Gasteiger partial charge in [0.25, 0.3) is 0 Å². The summed E-state index contributed by atoms with van der Waals surface area (Å²) in [5.74, 6) is 3.62. The van der Waals surface area contributed by atoms with E-state index >= 15 is 0 Å². The van der Waals surface area contributed by atoms with Crippen LogP contribution in [-0.4, -0.2) is 16.3 Å². The zero-order chi connectivity index (χ0) is 12.0. The number of nitrogens with two attached hydrogens (primary N) is 1. The van der Waals surface area contributed by atoms with Gasteiger partial charge in [-0.1, -0.05) is 0 Å². The van der Waals surface area contributed by atoms with E-state index in [1.165, 1.54) is 32.1 Å². The number of hydrogen-bond acceptors (Lipinski definition) is 2. The molecule has 0 aromatic rings. The van der Waals surface area contributed by atoms with E-state index in [0.717, 1.165) is 23.7 Å². The van der Waals surface area contributed by atoms with Crippen molar-refractivity contribution in [1.29, 1.82) is 0 Å². The zero-order valence-corrected chi connectivity index (χ0v) is 11.4. The van der Waals surface area contributed by atoms with E-state index in [9.17, 15) is 0 Å². The number of rotatable bonds is 1. The molecule has 0 heterocycles. The molecular weight excluding hydrogens is 250 g/mol. The van der Waals surface area contributed by atoms with Crippen molar-refractivity contribution in [2.24, 2.45) is 29.4 Å². The third-order valence-electron chi connectivity index (χ3n) is 4.76. The van der Waals surface area contributed by atoms with Crippen LogP contribution in [0.4, 0.5) is 0 Å². The molecule has 0 spiro atoms. The van der Waals surface area contributed by atoms with Gasteiger partial charge in [-0.3, -0.25) is 0 Å². The van der Waals surface area contributed by atoms with E-state index in [-0.39, 0.29) is 5.11 Å². The molecule has 4 bridgehead atoms. The van der Waals surface area contributed by atoms with Gasteiger partial charge in [0, 0.05) is 6.04 Å². The van der Waals surface area contributed by atoms with Gasteiger partial charge in [0.05, 0.1) is 0 Å². The highest BCUT2D eigenvalue weighted by molar-refractivity contribution is 7.81. The Kier molecular flexibility index (Phi) is 2.99.